The van der Waals surface area contributed by atoms with Gasteiger partial charge in [0, 0.05) is 82.2 Å². The van der Waals surface area contributed by atoms with Crippen molar-refractivity contribution in [2.24, 2.45) is 0 Å². The van der Waals surface area contributed by atoms with Crippen LogP contribution in [0.4, 0.5) is 0 Å². The first kappa shape index (κ1) is 86.9. The highest BCUT2D eigenvalue weighted by Gasteiger charge is 2.24. The number of aromatic hydroxyl groups is 17. The van der Waals surface area contributed by atoms with Gasteiger partial charge in [0.15, 0.2) is 46.0 Å². The lowest BCUT2D eigenvalue weighted by atomic mass is 10.0. The van der Waals surface area contributed by atoms with E-state index < -0.39 is 76.3 Å². The summed E-state index contributed by atoms with van der Waals surface area (Å²) in [6.45, 7) is 0. The van der Waals surface area contributed by atoms with Crippen LogP contribution >= 0.6 is 0 Å². The third-order valence-corrected chi connectivity index (χ3v) is 17.8. The van der Waals surface area contributed by atoms with Crippen molar-refractivity contribution < 1.29 is 166 Å². The number of carboxylic acids is 8. The van der Waals surface area contributed by atoms with Crippen LogP contribution in [-0.4, -0.2) is 175 Å². The second kappa shape index (κ2) is 36.8. The van der Waals surface area contributed by atoms with Crippen LogP contribution in [0.5, 0.6) is 97.7 Å². The fourth-order valence-electron chi connectivity index (χ4n) is 12.3. The zero-order valence-electron chi connectivity index (χ0n) is 61.5. The number of benzene rings is 16. The molecule has 16 aromatic carbocycles. The van der Waals surface area contributed by atoms with Crippen molar-refractivity contribution in [3.63, 3.8) is 0 Å². The lowest BCUT2D eigenvalue weighted by Crippen LogP contribution is -1.98. The van der Waals surface area contributed by atoms with Crippen LogP contribution in [0.3, 0.4) is 0 Å². The summed E-state index contributed by atoms with van der Waals surface area (Å²) in [7, 11) is 0. The Labute approximate surface area is 675 Å². The van der Waals surface area contributed by atoms with Crippen molar-refractivity contribution in [2.75, 3.05) is 0 Å². The third kappa shape index (κ3) is 19.1. The number of fused-ring (bicyclic) bond motifs is 8. The number of carboxylic acid groups (broad SMARTS) is 8. The molecule has 0 aliphatic heterocycles. The molecule has 33 nitrogen and oxygen atoms in total. The number of carbonyl (C=O) groups is 8. The topological polar surface area (TPSA) is 642 Å². The summed E-state index contributed by atoms with van der Waals surface area (Å²) in [5.41, 5.74) is -0.233. The number of rotatable bonds is 8. The zero-order valence-corrected chi connectivity index (χ0v) is 61.5. The van der Waals surface area contributed by atoms with Gasteiger partial charge >= 0.3 is 47.8 Å². The first-order valence-corrected chi connectivity index (χ1v) is 34.4. The van der Waals surface area contributed by atoms with Crippen molar-refractivity contribution >= 4 is 134 Å². The molecule has 25 N–H and O–H groups in total. The maximum absolute atomic E-state index is 10.9. The van der Waals surface area contributed by atoms with Crippen LogP contribution in [-0.2, 0) is 0 Å². The van der Waals surface area contributed by atoms with E-state index in [9.17, 15) is 125 Å². The molecule has 16 rings (SSSR count). The van der Waals surface area contributed by atoms with Gasteiger partial charge in [-0.3, -0.25) is 0 Å². The molecule has 16 aromatic rings. The van der Waals surface area contributed by atoms with Gasteiger partial charge in [-0.15, -0.1) is 0 Å². The van der Waals surface area contributed by atoms with E-state index in [-0.39, 0.29) is 146 Å². The molecule has 0 saturated heterocycles. The molecule has 0 aromatic heterocycles. The Balaban J connectivity index is 0.000000157. The number of aromatic carboxylic acids is 8. The van der Waals surface area contributed by atoms with Gasteiger partial charge in [0.2, 0.25) is 5.75 Å². The Morgan fingerprint density at radius 1 is 0.165 bits per heavy atom. The molecule has 0 atom stereocenters. The molecule has 121 heavy (non-hydrogen) atoms. The maximum Gasteiger partial charge on any atom is 0.340 e. The van der Waals surface area contributed by atoms with Crippen molar-refractivity contribution in [1.29, 1.82) is 0 Å². The first-order valence-electron chi connectivity index (χ1n) is 34.4. The monoisotopic (exact) mass is 1650 g/mol. The minimum absolute atomic E-state index is 0.0185. The van der Waals surface area contributed by atoms with E-state index in [0.717, 1.165) is 6.07 Å². The molecular weight excluding hydrogens is 1580 g/mol. The van der Waals surface area contributed by atoms with Crippen LogP contribution in [0, 0.1) is 0 Å². The van der Waals surface area contributed by atoms with E-state index in [0.29, 0.717) is 53.9 Å². The van der Waals surface area contributed by atoms with Gasteiger partial charge in [-0.05, 0) is 125 Å². The molecule has 0 saturated carbocycles. The lowest BCUT2D eigenvalue weighted by Gasteiger charge is -2.09. The fourth-order valence-corrected chi connectivity index (χ4v) is 12.3. The van der Waals surface area contributed by atoms with Crippen molar-refractivity contribution in [2.45, 2.75) is 0 Å². The average Bonchev–Trinajstić information content (AvgIpc) is 0.766. The smallest absolute Gasteiger partial charge is 0.340 e. The van der Waals surface area contributed by atoms with Crippen molar-refractivity contribution in [3.8, 4) is 97.7 Å². The van der Waals surface area contributed by atoms with Gasteiger partial charge in [0.25, 0.3) is 0 Å². The summed E-state index contributed by atoms with van der Waals surface area (Å²) < 4.78 is 0. The molecule has 0 heterocycles. The SMILES string of the molecule is O=C(O)c1c(O)c(O)c(O)c2ccccc12.O=C(O)c1ccc(O)c2cccc(O)c12.O=C(O)c1cccc2c(O)c(O)ccc12.O=C(O)c1cccc2c(O)cc(O)cc12.O=C(O)c1cccc2c(O)ccc(O)c12.O=C(O)c1cccc2cc(O)c(O)cc12.O=C(O)c1cccc2cc(O)cc(O)c12.O=C(O)c1cccc2ccc(O)c(O)c12. The Morgan fingerprint density at radius 2 is 0.537 bits per heavy atom. The van der Waals surface area contributed by atoms with Crippen molar-refractivity contribution in [3.05, 3.63) is 281 Å². The minimum Gasteiger partial charge on any atom is -0.508 e. The van der Waals surface area contributed by atoms with E-state index in [1.165, 1.54) is 140 Å². The number of phenols is 17. The van der Waals surface area contributed by atoms with Crippen LogP contribution < -0.4 is 0 Å². The van der Waals surface area contributed by atoms with Crippen LogP contribution in [0.2, 0.25) is 0 Å². The predicted octanol–water partition coefficient (Wildman–Crippen LogP) is 15.3. The second-order valence-corrected chi connectivity index (χ2v) is 25.3. The highest BCUT2D eigenvalue weighted by atomic mass is 16.4. The van der Waals surface area contributed by atoms with E-state index in [1.807, 2.05) is 0 Å². The van der Waals surface area contributed by atoms with Gasteiger partial charge in [-0.1, -0.05) is 115 Å². The molecule has 0 aliphatic rings. The van der Waals surface area contributed by atoms with E-state index in [2.05, 4.69) is 0 Å². The molecule has 0 unspecified atom stereocenters. The highest BCUT2D eigenvalue weighted by Crippen LogP contribution is 2.46. The van der Waals surface area contributed by atoms with Crippen molar-refractivity contribution in [1.82, 2.24) is 0 Å². The normalized spacial score (nSPS) is 10.4. The molecule has 0 bridgehead atoms. The van der Waals surface area contributed by atoms with Crippen LogP contribution in [0.1, 0.15) is 82.9 Å². The second-order valence-electron chi connectivity index (χ2n) is 25.3. The molecule has 0 aliphatic carbocycles. The third-order valence-electron chi connectivity index (χ3n) is 17.8. The average molecular weight is 1650 g/mol. The van der Waals surface area contributed by atoms with Crippen LogP contribution in [0.15, 0.2) is 237 Å². The quantitative estimate of drug-likeness (QED) is 0.0496. The molecule has 0 radical (unpaired) electrons. The molecule has 0 fully saturated rings. The van der Waals surface area contributed by atoms with Gasteiger partial charge < -0.3 is 128 Å². The number of hydrogen-bond donors (Lipinski definition) is 25. The predicted molar refractivity (Wildman–Crippen MR) is 436 cm³/mol. The first-order chi connectivity index (χ1) is 57.2. The maximum atomic E-state index is 10.9. The van der Waals surface area contributed by atoms with Crippen LogP contribution in [0.25, 0.3) is 86.2 Å². The Kier molecular flexibility index (Phi) is 26.5. The summed E-state index contributed by atoms with van der Waals surface area (Å²) in [6.07, 6.45) is 0. The molecule has 0 amide bonds. The lowest BCUT2D eigenvalue weighted by molar-refractivity contribution is 0.0684. The molecule has 0 spiro atoms. The standard InChI is InChI=1S/C11H8O5.7C11H8O4/c12-8-6-4-2-1-3-5(6)7(11(15)16)9(13)10(8)14;12-6-4-9-7(10(13)5-6)2-1-3-8(9)11(14)15;12-7-4-6-2-1-3-8(11(14)15)10(6)9(13)5-7;12-9-4-6-2-1-3-7(11(14)15)8(6)5-10(9)13;12-9-5-4-6-7(10(9)13)2-1-3-8(6)11(14)15;12-8-5-4-7(11(14)15)10-6(8)2-1-3-9(10)13;12-8-4-5-9(13)10-6(8)2-1-3-7(10)11(14)15;12-8-5-4-6-2-1-3-7(11(14)15)9(6)10(8)13/h1-4,12-14H,(H,15,16);7*1-5,12-13H,(H,14,15). The Hall–Kier alpha value is -18.0. The number of hydrogen-bond acceptors (Lipinski definition) is 25. The Bertz CT molecular complexity index is 6740. The molecular formula is C88H64O33. The van der Waals surface area contributed by atoms with E-state index in [1.54, 1.807) is 91.0 Å². The summed E-state index contributed by atoms with van der Waals surface area (Å²) in [5.74, 6) is -14.2. The van der Waals surface area contributed by atoms with Gasteiger partial charge in [-0.25, -0.2) is 38.4 Å². The van der Waals surface area contributed by atoms with Gasteiger partial charge in [-0.2, -0.15) is 0 Å². The zero-order chi connectivity index (χ0) is 88.9. The highest BCUT2D eigenvalue weighted by molar-refractivity contribution is 6.13. The van der Waals surface area contributed by atoms with Gasteiger partial charge in [0.1, 0.15) is 51.6 Å². The molecule has 33 heteroatoms. The van der Waals surface area contributed by atoms with E-state index >= 15 is 0 Å². The summed E-state index contributed by atoms with van der Waals surface area (Å²) in [4.78, 5) is 87.1. The minimum atomic E-state index is -1.37. The summed E-state index contributed by atoms with van der Waals surface area (Å²) in [6, 6.07) is 56.3. The van der Waals surface area contributed by atoms with Gasteiger partial charge in [0.05, 0.1) is 38.9 Å². The summed E-state index contributed by atoms with van der Waals surface area (Å²) in [5, 5.41) is 237. The molecule has 614 valence electrons. The summed E-state index contributed by atoms with van der Waals surface area (Å²) >= 11 is 0. The Morgan fingerprint density at radius 3 is 1.09 bits per heavy atom. The van der Waals surface area contributed by atoms with E-state index in [4.69, 9.17) is 40.9 Å². The fraction of sp³-hybridized carbons (Fsp3) is 0. The largest absolute Gasteiger partial charge is 0.508 e. The number of phenolic OH excluding ortho intramolecular Hbond substituents is 16.